The molecule has 33 heavy (non-hydrogen) atoms. The highest BCUT2D eigenvalue weighted by Crippen LogP contribution is 2.33. The molecule has 0 saturated carbocycles. The minimum atomic E-state index is -0.598. The van der Waals surface area contributed by atoms with Crippen molar-refractivity contribution in [3.8, 4) is 17.6 Å². The number of benzene rings is 3. The number of nitrogens with one attached hydrogen (secondary N) is 1. The number of ether oxygens (including phenoxy) is 2. The van der Waals surface area contributed by atoms with Gasteiger partial charge >= 0.3 is 5.97 Å². The van der Waals surface area contributed by atoms with Gasteiger partial charge in [0.15, 0.2) is 0 Å². The molecule has 1 amide bonds. The number of hydrogen-bond donors (Lipinski definition) is 1. The number of hydrogen-bond acceptors (Lipinski definition) is 5. The summed E-state index contributed by atoms with van der Waals surface area (Å²) in [4.78, 5) is 25.3. The lowest BCUT2D eigenvalue weighted by Crippen LogP contribution is -2.14. The molecule has 0 atom stereocenters. The van der Waals surface area contributed by atoms with E-state index in [-0.39, 0.29) is 11.3 Å². The van der Waals surface area contributed by atoms with Crippen LogP contribution in [0.2, 0.25) is 0 Å². The second-order valence-electron chi connectivity index (χ2n) is 6.88. The summed E-state index contributed by atoms with van der Waals surface area (Å²) >= 11 is 6.84. The third kappa shape index (κ3) is 6.09. The molecule has 6 nitrogen and oxygen atoms in total. The average Bonchev–Trinajstić information content (AvgIpc) is 2.80. The van der Waals surface area contributed by atoms with Crippen molar-refractivity contribution in [3.05, 3.63) is 91.9 Å². The van der Waals surface area contributed by atoms with Crippen LogP contribution in [-0.2, 0) is 4.79 Å². The van der Waals surface area contributed by atoms with Gasteiger partial charge in [-0.25, -0.2) is 4.79 Å². The molecule has 8 heteroatoms. The van der Waals surface area contributed by atoms with Crippen LogP contribution in [0.1, 0.15) is 21.5 Å². The molecule has 3 rings (SSSR count). The quantitative estimate of drug-likeness (QED) is 0.163. The van der Waals surface area contributed by atoms with Crippen LogP contribution in [0.4, 0.5) is 5.69 Å². The number of halogens is 2. The first-order valence-corrected chi connectivity index (χ1v) is 11.2. The van der Waals surface area contributed by atoms with Crippen LogP contribution in [0.15, 0.2) is 75.2 Å². The van der Waals surface area contributed by atoms with Crippen LogP contribution >= 0.6 is 31.9 Å². The monoisotopic (exact) mass is 568 g/mol. The van der Waals surface area contributed by atoms with Crippen molar-refractivity contribution in [3.63, 3.8) is 0 Å². The molecule has 3 aromatic rings. The number of amides is 1. The molecule has 0 aliphatic carbocycles. The Morgan fingerprint density at radius 2 is 1.67 bits per heavy atom. The summed E-state index contributed by atoms with van der Waals surface area (Å²) in [6.07, 6.45) is 1.38. The van der Waals surface area contributed by atoms with Crippen LogP contribution in [0, 0.1) is 18.3 Å². The molecule has 0 aliphatic heterocycles. The van der Waals surface area contributed by atoms with Gasteiger partial charge in [-0.2, -0.15) is 5.26 Å². The van der Waals surface area contributed by atoms with Crippen LogP contribution in [-0.4, -0.2) is 19.0 Å². The van der Waals surface area contributed by atoms with E-state index in [1.165, 1.54) is 13.2 Å². The van der Waals surface area contributed by atoms with E-state index in [4.69, 9.17) is 9.47 Å². The van der Waals surface area contributed by atoms with E-state index in [0.29, 0.717) is 31.5 Å². The number of esters is 1. The molecule has 0 fully saturated rings. The van der Waals surface area contributed by atoms with Crippen LogP contribution in [0.25, 0.3) is 6.08 Å². The summed E-state index contributed by atoms with van der Waals surface area (Å²) in [7, 11) is 1.54. The topological polar surface area (TPSA) is 88.4 Å². The number of carbonyl (C=O) groups is 2. The molecular formula is C25H18Br2N2O4. The molecule has 0 aliphatic rings. The van der Waals surface area contributed by atoms with Crippen molar-refractivity contribution >= 4 is 55.5 Å². The molecule has 166 valence electrons. The lowest BCUT2D eigenvalue weighted by atomic mass is 10.1. The second-order valence-corrected chi connectivity index (χ2v) is 8.59. The smallest absolute Gasteiger partial charge is 0.343 e. The molecule has 0 aromatic heterocycles. The lowest BCUT2D eigenvalue weighted by Gasteiger charge is -2.11. The summed E-state index contributed by atoms with van der Waals surface area (Å²) in [6.45, 7) is 1.92. The fourth-order valence-corrected chi connectivity index (χ4v) is 4.50. The van der Waals surface area contributed by atoms with E-state index in [2.05, 4.69) is 37.2 Å². The minimum Gasteiger partial charge on any atom is -0.497 e. The average molecular weight is 570 g/mol. The van der Waals surface area contributed by atoms with Gasteiger partial charge in [-0.15, -0.1) is 0 Å². The van der Waals surface area contributed by atoms with Crippen LogP contribution < -0.4 is 14.8 Å². The zero-order valence-corrected chi connectivity index (χ0v) is 20.9. The van der Waals surface area contributed by atoms with Gasteiger partial charge in [0.25, 0.3) is 5.91 Å². The van der Waals surface area contributed by atoms with E-state index in [1.807, 2.05) is 25.1 Å². The number of nitrogens with zero attached hydrogens (tertiary/aromatic N) is 1. The molecular weight excluding hydrogens is 552 g/mol. The summed E-state index contributed by atoms with van der Waals surface area (Å²) in [6, 6.07) is 18.8. The predicted octanol–water partition coefficient (Wildman–Crippen LogP) is 6.29. The van der Waals surface area contributed by atoms with Gasteiger partial charge < -0.3 is 14.8 Å². The number of carbonyl (C=O) groups excluding carboxylic acids is 2. The molecule has 1 N–H and O–H groups in total. The maximum absolute atomic E-state index is 12.8. The Morgan fingerprint density at radius 1 is 1.03 bits per heavy atom. The minimum absolute atomic E-state index is 0.151. The van der Waals surface area contributed by atoms with Gasteiger partial charge in [0.1, 0.15) is 23.1 Å². The summed E-state index contributed by atoms with van der Waals surface area (Å²) in [5.74, 6) is -0.337. The maximum atomic E-state index is 12.8. The summed E-state index contributed by atoms with van der Waals surface area (Å²) in [5.41, 5.74) is 2.10. The third-order valence-electron chi connectivity index (χ3n) is 4.54. The van der Waals surface area contributed by atoms with Gasteiger partial charge in [0, 0.05) is 14.5 Å². The highest BCUT2D eigenvalue weighted by Gasteiger charge is 2.16. The van der Waals surface area contributed by atoms with Gasteiger partial charge in [-0.05, 0) is 92.9 Å². The molecule has 0 radical (unpaired) electrons. The third-order valence-corrected chi connectivity index (χ3v) is 5.79. The molecule has 3 aromatic carbocycles. The maximum Gasteiger partial charge on any atom is 0.343 e. The van der Waals surface area contributed by atoms with Crippen LogP contribution in [0.3, 0.4) is 0 Å². The number of methoxy groups -OCH3 is 1. The highest BCUT2D eigenvalue weighted by molar-refractivity contribution is 9.11. The Morgan fingerprint density at radius 3 is 2.27 bits per heavy atom. The summed E-state index contributed by atoms with van der Waals surface area (Å²) < 4.78 is 12.0. The Hall–Kier alpha value is -3.41. The van der Waals surface area contributed by atoms with Crippen molar-refractivity contribution in [2.75, 3.05) is 12.4 Å². The Balaban J connectivity index is 1.85. The SMILES string of the molecule is COc1ccc(C(=O)Oc2ccccc2/C=C(\C#N)C(=O)Nc2c(Br)cc(C)cc2Br)cc1. The number of anilines is 1. The van der Waals surface area contributed by atoms with Crippen molar-refractivity contribution in [2.24, 2.45) is 0 Å². The van der Waals surface area contributed by atoms with Crippen molar-refractivity contribution in [1.29, 1.82) is 5.26 Å². The Labute approximate surface area is 208 Å². The number of nitriles is 1. The van der Waals surface area contributed by atoms with Gasteiger partial charge in [0.2, 0.25) is 0 Å². The van der Waals surface area contributed by atoms with E-state index in [9.17, 15) is 14.9 Å². The number of aryl methyl sites for hydroxylation is 1. The lowest BCUT2D eigenvalue weighted by molar-refractivity contribution is -0.112. The zero-order valence-electron chi connectivity index (χ0n) is 17.7. The number of para-hydroxylation sites is 1. The molecule has 0 unspecified atom stereocenters. The second kappa shape index (κ2) is 10.9. The largest absolute Gasteiger partial charge is 0.497 e. The van der Waals surface area contributed by atoms with E-state index in [0.717, 1.165) is 5.56 Å². The summed E-state index contributed by atoms with van der Waals surface area (Å²) in [5, 5.41) is 12.3. The Bertz CT molecular complexity index is 1260. The fourth-order valence-electron chi connectivity index (χ4n) is 2.88. The fraction of sp³-hybridized carbons (Fsp3) is 0.0800. The first-order chi connectivity index (χ1) is 15.8. The van der Waals surface area contributed by atoms with Gasteiger partial charge in [0.05, 0.1) is 18.4 Å². The predicted molar refractivity (Wildman–Crippen MR) is 133 cm³/mol. The molecule has 0 heterocycles. The van der Waals surface area contributed by atoms with Gasteiger partial charge in [-0.1, -0.05) is 18.2 Å². The standard InChI is InChI=1S/C25H18Br2N2O4/c1-15-11-20(26)23(21(27)12-15)29-24(30)18(14-28)13-17-5-3-4-6-22(17)33-25(31)16-7-9-19(32-2)10-8-16/h3-13H,1-2H3,(H,29,30)/b18-13+. The van der Waals surface area contributed by atoms with E-state index >= 15 is 0 Å². The molecule has 0 bridgehead atoms. The molecule has 0 spiro atoms. The molecule has 0 saturated heterocycles. The highest BCUT2D eigenvalue weighted by atomic mass is 79.9. The van der Waals surface area contributed by atoms with Crippen molar-refractivity contribution < 1.29 is 19.1 Å². The van der Waals surface area contributed by atoms with Crippen LogP contribution in [0.5, 0.6) is 11.5 Å². The first-order valence-electron chi connectivity index (χ1n) is 9.66. The number of rotatable bonds is 6. The first kappa shape index (κ1) is 24.2. The van der Waals surface area contributed by atoms with Gasteiger partial charge in [-0.3, -0.25) is 4.79 Å². The van der Waals surface area contributed by atoms with E-state index < -0.39 is 11.9 Å². The van der Waals surface area contributed by atoms with Crippen molar-refractivity contribution in [2.45, 2.75) is 6.92 Å². The van der Waals surface area contributed by atoms with E-state index in [1.54, 1.807) is 48.5 Å². The normalized spacial score (nSPS) is 10.8. The van der Waals surface area contributed by atoms with Crippen molar-refractivity contribution in [1.82, 2.24) is 0 Å². The Kier molecular flexibility index (Phi) is 8.04. The zero-order chi connectivity index (χ0) is 24.0.